The number of aromatic amines is 1. The highest BCUT2D eigenvalue weighted by atomic mass is 16.5. The zero-order valence-electron chi connectivity index (χ0n) is 13.7. The van der Waals surface area contributed by atoms with Gasteiger partial charge in [-0.2, -0.15) is 5.10 Å². The minimum atomic E-state index is -0.0363. The Morgan fingerprint density at radius 2 is 2.08 bits per heavy atom. The number of H-pyrrole nitrogens is 1. The van der Waals surface area contributed by atoms with E-state index in [1.165, 1.54) is 5.56 Å². The number of anilines is 1. The highest BCUT2D eigenvalue weighted by molar-refractivity contribution is 5.94. The van der Waals surface area contributed by atoms with Crippen LogP contribution >= 0.6 is 0 Å². The highest BCUT2D eigenvalue weighted by Crippen LogP contribution is 2.42. The number of nitrogens with one attached hydrogen (secondary N) is 1. The smallest absolute Gasteiger partial charge is 0.266 e. The molecule has 1 N–H and O–H groups in total. The maximum atomic E-state index is 12.9. The first-order valence-electron chi connectivity index (χ1n) is 8.40. The van der Waals surface area contributed by atoms with Crippen LogP contribution in [0.25, 0.3) is 0 Å². The fourth-order valence-corrected chi connectivity index (χ4v) is 3.78. The summed E-state index contributed by atoms with van der Waals surface area (Å²) in [6.07, 6.45) is 8.35. The van der Waals surface area contributed by atoms with Gasteiger partial charge in [-0.25, -0.2) is 0 Å². The van der Waals surface area contributed by atoms with Crippen LogP contribution in [0.1, 0.15) is 18.4 Å². The zero-order chi connectivity index (χ0) is 16.5. The van der Waals surface area contributed by atoms with Crippen LogP contribution in [-0.2, 0) is 4.79 Å². The van der Waals surface area contributed by atoms with Gasteiger partial charge in [-0.3, -0.25) is 14.8 Å². The summed E-state index contributed by atoms with van der Waals surface area (Å²) in [4.78, 5) is 14.7. The van der Waals surface area contributed by atoms with Crippen LogP contribution in [0.4, 0.5) is 5.82 Å². The lowest BCUT2D eigenvalue weighted by atomic mass is 9.99. The minimum Gasteiger partial charge on any atom is -0.484 e. The fraction of sp³-hybridized carbons (Fsp3) is 0.368. The van der Waals surface area contributed by atoms with Gasteiger partial charge in [-0.05, 0) is 43.7 Å². The van der Waals surface area contributed by atoms with Crippen molar-refractivity contribution in [3.05, 3.63) is 54.2 Å². The molecule has 4 rings (SSSR count). The second-order valence-corrected chi connectivity index (χ2v) is 6.65. The summed E-state index contributed by atoms with van der Waals surface area (Å²) in [5.41, 5.74) is 1.17. The van der Waals surface area contributed by atoms with Crippen molar-refractivity contribution < 1.29 is 9.53 Å². The van der Waals surface area contributed by atoms with Crippen LogP contribution in [0.2, 0.25) is 0 Å². The number of hydrogen-bond acceptors (Lipinski definition) is 3. The average molecular weight is 323 g/mol. The Kier molecular flexibility index (Phi) is 3.84. The van der Waals surface area contributed by atoms with Crippen molar-refractivity contribution in [1.82, 2.24) is 10.2 Å². The fourth-order valence-electron chi connectivity index (χ4n) is 3.78. The van der Waals surface area contributed by atoms with Gasteiger partial charge in [0.1, 0.15) is 11.6 Å². The summed E-state index contributed by atoms with van der Waals surface area (Å²) in [7, 11) is 0. The molecule has 3 unspecified atom stereocenters. The number of aryl methyl sites for hydroxylation is 1. The van der Waals surface area contributed by atoms with Gasteiger partial charge < -0.3 is 4.74 Å². The minimum absolute atomic E-state index is 0.0275. The summed E-state index contributed by atoms with van der Waals surface area (Å²) >= 11 is 0. The van der Waals surface area contributed by atoms with Crippen molar-refractivity contribution in [3.8, 4) is 5.75 Å². The van der Waals surface area contributed by atoms with E-state index in [-0.39, 0.29) is 18.6 Å². The molecule has 2 aliphatic carbocycles. The summed E-state index contributed by atoms with van der Waals surface area (Å²) in [6, 6.07) is 9.78. The molecule has 0 aliphatic heterocycles. The highest BCUT2D eigenvalue weighted by Gasteiger charge is 2.41. The second-order valence-electron chi connectivity index (χ2n) is 6.65. The Morgan fingerprint density at radius 3 is 2.71 bits per heavy atom. The molecule has 2 aliphatic rings. The number of hydrogen-bond donors (Lipinski definition) is 1. The molecule has 1 aromatic carbocycles. The number of amides is 1. The Balaban J connectivity index is 1.49. The number of rotatable bonds is 5. The van der Waals surface area contributed by atoms with E-state index in [9.17, 15) is 4.79 Å². The van der Waals surface area contributed by atoms with E-state index in [1.54, 1.807) is 6.20 Å². The maximum Gasteiger partial charge on any atom is 0.266 e. The van der Waals surface area contributed by atoms with Crippen LogP contribution in [0, 0.1) is 18.8 Å². The van der Waals surface area contributed by atoms with Crippen molar-refractivity contribution in [2.75, 3.05) is 11.5 Å². The molecule has 24 heavy (non-hydrogen) atoms. The number of nitrogens with zero attached hydrogens (tertiary/aromatic N) is 2. The summed E-state index contributed by atoms with van der Waals surface area (Å²) in [5.74, 6) is 2.45. The number of aromatic nitrogens is 2. The summed E-state index contributed by atoms with van der Waals surface area (Å²) in [6.45, 7) is 2.05. The van der Waals surface area contributed by atoms with Crippen molar-refractivity contribution in [2.45, 2.75) is 25.8 Å². The normalized spacial score (nSPS) is 24.3. The number of carbonyl (C=O) groups is 1. The molecule has 1 heterocycles. The number of carbonyl (C=O) groups excluding carboxylic acids is 1. The van der Waals surface area contributed by atoms with Crippen molar-refractivity contribution in [1.29, 1.82) is 0 Å². The maximum absolute atomic E-state index is 12.9. The van der Waals surface area contributed by atoms with E-state index in [0.717, 1.165) is 18.7 Å². The van der Waals surface area contributed by atoms with Gasteiger partial charge in [-0.1, -0.05) is 29.8 Å². The molecular weight excluding hydrogens is 302 g/mol. The quantitative estimate of drug-likeness (QED) is 0.860. The third kappa shape index (κ3) is 2.82. The van der Waals surface area contributed by atoms with Gasteiger partial charge in [0, 0.05) is 12.1 Å². The molecule has 5 nitrogen and oxygen atoms in total. The van der Waals surface area contributed by atoms with E-state index in [0.29, 0.717) is 17.6 Å². The Labute approximate surface area is 141 Å². The number of fused-ring (bicyclic) bond motifs is 2. The topological polar surface area (TPSA) is 58.2 Å². The van der Waals surface area contributed by atoms with E-state index >= 15 is 0 Å². The molecule has 1 fully saturated rings. The summed E-state index contributed by atoms with van der Waals surface area (Å²) in [5, 5.41) is 6.94. The molecular formula is C19H21N3O2. The first-order chi connectivity index (χ1) is 11.7. The molecule has 2 aromatic rings. The molecule has 1 amide bonds. The number of benzene rings is 1. The third-order valence-electron chi connectivity index (χ3n) is 4.97. The van der Waals surface area contributed by atoms with E-state index in [4.69, 9.17) is 4.74 Å². The van der Waals surface area contributed by atoms with Gasteiger partial charge in [-0.15, -0.1) is 0 Å². The molecule has 124 valence electrons. The second kappa shape index (κ2) is 6.15. The molecule has 1 aromatic heterocycles. The number of ether oxygens (including phenoxy) is 1. The predicted octanol–water partition coefficient (Wildman–Crippen LogP) is 3.09. The zero-order valence-corrected chi connectivity index (χ0v) is 13.7. The van der Waals surface area contributed by atoms with Gasteiger partial charge in [0.15, 0.2) is 6.61 Å². The Hall–Kier alpha value is -2.56. The number of allylic oxidation sites excluding steroid dienone is 1. The first kappa shape index (κ1) is 15.0. The van der Waals surface area contributed by atoms with Crippen LogP contribution in [-0.4, -0.2) is 28.8 Å². The van der Waals surface area contributed by atoms with Crippen LogP contribution < -0.4 is 9.64 Å². The molecule has 0 spiro atoms. The lowest BCUT2D eigenvalue weighted by Crippen LogP contribution is -2.45. The van der Waals surface area contributed by atoms with Gasteiger partial charge in [0.05, 0.1) is 6.20 Å². The molecule has 0 saturated heterocycles. The van der Waals surface area contributed by atoms with Crippen LogP contribution in [0.15, 0.2) is 48.7 Å². The third-order valence-corrected chi connectivity index (χ3v) is 4.97. The molecule has 2 bridgehead atoms. The standard InChI is InChI=1S/C19H21N3O2/c1-13-2-6-16(7-3-13)24-12-19(23)22(18-8-9-20-21-18)17-11-14-4-5-15(17)10-14/h2-9,14-15,17H,10-12H2,1H3,(H,20,21). The van der Waals surface area contributed by atoms with E-state index in [2.05, 4.69) is 22.3 Å². The van der Waals surface area contributed by atoms with Crippen LogP contribution in [0.3, 0.4) is 0 Å². The Bertz CT molecular complexity index is 736. The lowest BCUT2D eigenvalue weighted by Gasteiger charge is -2.31. The van der Waals surface area contributed by atoms with Gasteiger partial charge in [0.2, 0.25) is 0 Å². The largest absolute Gasteiger partial charge is 0.484 e. The van der Waals surface area contributed by atoms with Crippen LogP contribution in [0.5, 0.6) is 5.75 Å². The van der Waals surface area contributed by atoms with Crippen molar-refractivity contribution in [3.63, 3.8) is 0 Å². The first-order valence-corrected chi connectivity index (χ1v) is 8.40. The van der Waals surface area contributed by atoms with Crippen molar-refractivity contribution in [2.24, 2.45) is 11.8 Å². The SMILES string of the molecule is Cc1ccc(OCC(=O)N(c2ccn[nH]2)C2CC3C=CC2C3)cc1. The lowest BCUT2D eigenvalue weighted by molar-refractivity contribution is -0.121. The van der Waals surface area contributed by atoms with E-state index in [1.807, 2.05) is 42.2 Å². The molecule has 1 saturated carbocycles. The van der Waals surface area contributed by atoms with E-state index < -0.39 is 0 Å². The molecule has 0 radical (unpaired) electrons. The average Bonchev–Trinajstić information content (AvgIpc) is 3.33. The predicted molar refractivity (Wildman–Crippen MR) is 91.9 cm³/mol. The van der Waals surface area contributed by atoms with Gasteiger partial charge in [0.25, 0.3) is 5.91 Å². The van der Waals surface area contributed by atoms with Gasteiger partial charge >= 0.3 is 0 Å². The Morgan fingerprint density at radius 1 is 1.25 bits per heavy atom. The van der Waals surface area contributed by atoms with Crippen molar-refractivity contribution >= 4 is 11.7 Å². The molecule has 3 atom stereocenters. The molecule has 5 heteroatoms. The monoisotopic (exact) mass is 323 g/mol. The summed E-state index contributed by atoms with van der Waals surface area (Å²) < 4.78 is 5.70.